The minimum atomic E-state index is 0.0688. The van der Waals surface area contributed by atoms with Crippen LogP contribution in [0.5, 0.6) is 0 Å². The average molecular weight is 220 g/mol. The third-order valence-corrected chi connectivity index (χ3v) is 2.80. The van der Waals surface area contributed by atoms with Gasteiger partial charge >= 0.3 is 0 Å². The quantitative estimate of drug-likeness (QED) is 0.749. The highest BCUT2D eigenvalue weighted by Gasteiger charge is 2.10. The van der Waals surface area contributed by atoms with Crippen molar-refractivity contribution in [3.05, 3.63) is 24.3 Å². The fourth-order valence-corrected chi connectivity index (χ4v) is 1.67. The van der Waals surface area contributed by atoms with E-state index in [0.29, 0.717) is 18.0 Å². The number of carbonyl (C=O) groups is 1. The van der Waals surface area contributed by atoms with E-state index in [-0.39, 0.29) is 5.91 Å². The first-order chi connectivity index (χ1) is 7.65. The van der Waals surface area contributed by atoms with E-state index in [1.807, 2.05) is 12.1 Å². The van der Waals surface area contributed by atoms with E-state index in [4.69, 9.17) is 5.73 Å². The van der Waals surface area contributed by atoms with Crippen molar-refractivity contribution in [1.29, 1.82) is 0 Å². The molecule has 3 heteroatoms. The summed E-state index contributed by atoms with van der Waals surface area (Å²) in [6.07, 6.45) is 2.67. The molecule has 0 heterocycles. The number of nitrogen functional groups attached to an aromatic ring is 1. The highest BCUT2D eigenvalue weighted by Crippen LogP contribution is 2.16. The maximum absolute atomic E-state index is 11.7. The van der Waals surface area contributed by atoms with E-state index in [1.54, 1.807) is 12.1 Å². The zero-order valence-corrected chi connectivity index (χ0v) is 9.99. The van der Waals surface area contributed by atoms with Crippen molar-refractivity contribution in [1.82, 2.24) is 0 Å². The molecule has 0 aromatic heterocycles. The summed E-state index contributed by atoms with van der Waals surface area (Å²) >= 11 is 0. The maximum atomic E-state index is 11.7. The molecule has 1 amide bonds. The van der Waals surface area contributed by atoms with Crippen LogP contribution >= 0.6 is 0 Å². The molecular formula is C13H20N2O. The van der Waals surface area contributed by atoms with Crippen LogP contribution in [0.4, 0.5) is 11.4 Å². The van der Waals surface area contributed by atoms with Crippen LogP contribution in [-0.2, 0) is 4.79 Å². The van der Waals surface area contributed by atoms with E-state index in [2.05, 4.69) is 19.2 Å². The molecule has 0 aliphatic heterocycles. The van der Waals surface area contributed by atoms with Crippen molar-refractivity contribution >= 4 is 17.3 Å². The number of carbonyl (C=O) groups excluding carboxylic acids is 1. The molecule has 1 rings (SSSR count). The first-order valence-corrected chi connectivity index (χ1v) is 5.81. The lowest BCUT2D eigenvalue weighted by Crippen LogP contribution is -2.15. The SMILES string of the molecule is CCC(CC)CC(=O)Nc1cccc(N)c1. The van der Waals surface area contributed by atoms with Crippen LogP contribution in [0.3, 0.4) is 0 Å². The number of nitrogens with two attached hydrogens (primary N) is 1. The van der Waals surface area contributed by atoms with Crippen LogP contribution in [0.2, 0.25) is 0 Å². The van der Waals surface area contributed by atoms with Gasteiger partial charge in [-0.25, -0.2) is 0 Å². The molecule has 0 saturated carbocycles. The zero-order chi connectivity index (χ0) is 12.0. The van der Waals surface area contributed by atoms with E-state index < -0.39 is 0 Å². The number of rotatable bonds is 5. The Hall–Kier alpha value is -1.51. The van der Waals surface area contributed by atoms with Crippen molar-refractivity contribution in [3.63, 3.8) is 0 Å². The fourth-order valence-electron chi connectivity index (χ4n) is 1.67. The lowest BCUT2D eigenvalue weighted by Gasteiger charge is -2.12. The molecule has 1 aromatic rings. The topological polar surface area (TPSA) is 55.1 Å². The van der Waals surface area contributed by atoms with Gasteiger partial charge in [0.25, 0.3) is 0 Å². The summed E-state index contributed by atoms with van der Waals surface area (Å²) in [6.45, 7) is 4.23. The number of nitrogens with one attached hydrogen (secondary N) is 1. The van der Waals surface area contributed by atoms with E-state index in [0.717, 1.165) is 18.5 Å². The van der Waals surface area contributed by atoms with Gasteiger partial charge in [-0.1, -0.05) is 32.8 Å². The lowest BCUT2D eigenvalue weighted by molar-refractivity contribution is -0.117. The number of hydrogen-bond donors (Lipinski definition) is 2. The zero-order valence-electron chi connectivity index (χ0n) is 9.99. The third-order valence-electron chi connectivity index (χ3n) is 2.80. The number of amides is 1. The third kappa shape index (κ3) is 3.93. The highest BCUT2D eigenvalue weighted by molar-refractivity contribution is 5.91. The van der Waals surface area contributed by atoms with Crippen LogP contribution in [0.15, 0.2) is 24.3 Å². The van der Waals surface area contributed by atoms with Crippen LogP contribution in [0.1, 0.15) is 33.1 Å². The maximum Gasteiger partial charge on any atom is 0.224 e. The molecule has 0 spiro atoms. The summed E-state index contributed by atoms with van der Waals surface area (Å²) < 4.78 is 0. The van der Waals surface area contributed by atoms with E-state index in [1.165, 1.54) is 0 Å². The summed E-state index contributed by atoms with van der Waals surface area (Å²) in [7, 11) is 0. The normalized spacial score (nSPS) is 10.4. The molecule has 0 atom stereocenters. The molecule has 3 nitrogen and oxygen atoms in total. The Kier molecular flexibility index (Phi) is 4.83. The first-order valence-electron chi connectivity index (χ1n) is 5.81. The van der Waals surface area contributed by atoms with Crippen molar-refractivity contribution in [2.45, 2.75) is 33.1 Å². The van der Waals surface area contributed by atoms with Gasteiger partial charge in [0, 0.05) is 17.8 Å². The monoisotopic (exact) mass is 220 g/mol. The standard InChI is InChI=1S/C13H20N2O/c1-3-10(4-2)8-13(16)15-12-7-5-6-11(14)9-12/h5-7,9-10H,3-4,8,14H2,1-2H3,(H,15,16). The molecule has 0 bridgehead atoms. The number of benzene rings is 1. The van der Waals surface area contributed by atoms with Crippen LogP contribution in [0, 0.1) is 5.92 Å². The Morgan fingerprint density at radius 3 is 2.62 bits per heavy atom. The van der Waals surface area contributed by atoms with E-state index >= 15 is 0 Å². The molecule has 0 unspecified atom stereocenters. The molecule has 1 aromatic carbocycles. The second kappa shape index (κ2) is 6.16. The van der Waals surface area contributed by atoms with Gasteiger partial charge in [0.2, 0.25) is 5.91 Å². The van der Waals surface area contributed by atoms with Gasteiger partial charge in [-0.05, 0) is 24.1 Å². The predicted octanol–water partition coefficient (Wildman–Crippen LogP) is 3.03. The summed E-state index contributed by atoms with van der Waals surface area (Å²) in [4.78, 5) is 11.7. The van der Waals surface area contributed by atoms with Crippen LogP contribution < -0.4 is 11.1 Å². The summed E-state index contributed by atoms with van der Waals surface area (Å²) in [5, 5.41) is 2.86. The van der Waals surface area contributed by atoms with Gasteiger partial charge in [-0.2, -0.15) is 0 Å². The van der Waals surface area contributed by atoms with Crippen LogP contribution in [-0.4, -0.2) is 5.91 Å². The largest absolute Gasteiger partial charge is 0.399 e. The number of hydrogen-bond acceptors (Lipinski definition) is 2. The second-order valence-electron chi connectivity index (χ2n) is 4.06. The highest BCUT2D eigenvalue weighted by atomic mass is 16.1. The first kappa shape index (κ1) is 12.6. The van der Waals surface area contributed by atoms with Crippen molar-refractivity contribution in [2.75, 3.05) is 11.1 Å². The molecule has 88 valence electrons. The molecule has 0 aliphatic rings. The van der Waals surface area contributed by atoms with Crippen LogP contribution in [0.25, 0.3) is 0 Å². The average Bonchev–Trinajstić information content (AvgIpc) is 2.26. The molecule has 3 N–H and O–H groups in total. The molecule has 0 fully saturated rings. The van der Waals surface area contributed by atoms with Gasteiger partial charge in [0.05, 0.1) is 0 Å². The van der Waals surface area contributed by atoms with E-state index in [9.17, 15) is 4.79 Å². The Morgan fingerprint density at radius 2 is 2.06 bits per heavy atom. The summed E-state index contributed by atoms with van der Waals surface area (Å²) in [6, 6.07) is 7.25. The summed E-state index contributed by atoms with van der Waals surface area (Å²) in [5.41, 5.74) is 7.08. The smallest absolute Gasteiger partial charge is 0.224 e. The fraction of sp³-hybridized carbons (Fsp3) is 0.462. The van der Waals surface area contributed by atoms with Gasteiger partial charge in [-0.15, -0.1) is 0 Å². The predicted molar refractivity (Wildman–Crippen MR) is 68.2 cm³/mol. The Labute approximate surface area is 97.0 Å². The van der Waals surface area contributed by atoms with Gasteiger partial charge in [-0.3, -0.25) is 4.79 Å². The van der Waals surface area contributed by atoms with Crippen molar-refractivity contribution in [3.8, 4) is 0 Å². The van der Waals surface area contributed by atoms with Gasteiger partial charge in [0.1, 0.15) is 0 Å². The Morgan fingerprint density at radius 1 is 1.38 bits per heavy atom. The van der Waals surface area contributed by atoms with Gasteiger partial charge in [0.15, 0.2) is 0 Å². The lowest BCUT2D eigenvalue weighted by atomic mass is 9.99. The molecule has 0 radical (unpaired) electrons. The molecule has 16 heavy (non-hydrogen) atoms. The second-order valence-corrected chi connectivity index (χ2v) is 4.06. The Bertz CT molecular complexity index is 346. The minimum absolute atomic E-state index is 0.0688. The molecule has 0 saturated heterocycles. The number of anilines is 2. The molecular weight excluding hydrogens is 200 g/mol. The minimum Gasteiger partial charge on any atom is -0.399 e. The Balaban J connectivity index is 2.51. The summed E-state index contributed by atoms with van der Waals surface area (Å²) in [5.74, 6) is 0.542. The van der Waals surface area contributed by atoms with Gasteiger partial charge < -0.3 is 11.1 Å². The molecule has 0 aliphatic carbocycles. The van der Waals surface area contributed by atoms with Crippen molar-refractivity contribution in [2.24, 2.45) is 5.92 Å². The van der Waals surface area contributed by atoms with Crippen molar-refractivity contribution < 1.29 is 4.79 Å².